The third-order valence-electron chi connectivity index (χ3n) is 12.3. The Hall–Kier alpha value is -8.08. The molecule has 1 N–H and O–H groups in total. The number of fused-ring (bicyclic) bond motifs is 3. The van der Waals surface area contributed by atoms with E-state index < -0.39 is 0 Å². The van der Waals surface area contributed by atoms with Crippen LogP contribution in [0.4, 0.5) is 45.5 Å². The van der Waals surface area contributed by atoms with Gasteiger partial charge in [0.1, 0.15) is 0 Å². The first kappa shape index (κ1) is 37.9. The molecule has 3 nitrogen and oxygen atoms in total. The molecular weight excluding hydrogens is 761 g/mol. The Morgan fingerprint density at radius 3 is 1.71 bits per heavy atom. The van der Waals surface area contributed by atoms with Gasteiger partial charge in [-0.2, -0.15) is 0 Å². The van der Waals surface area contributed by atoms with Crippen LogP contribution in [0.15, 0.2) is 237 Å². The molecule has 1 heterocycles. The summed E-state index contributed by atoms with van der Waals surface area (Å²) in [4.78, 5) is 4.89. The summed E-state index contributed by atoms with van der Waals surface area (Å²) in [6, 6.07) is 85.5. The lowest BCUT2D eigenvalue weighted by atomic mass is 9.57. The van der Waals surface area contributed by atoms with Crippen LogP contribution in [-0.4, -0.2) is 7.28 Å². The predicted octanol–water partition coefficient (Wildman–Crippen LogP) is 14.5. The highest BCUT2D eigenvalue weighted by atomic mass is 15.2. The molecule has 1 aliphatic rings. The number of para-hydroxylation sites is 3. The van der Waals surface area contributed by atoms with Crippen molar-refractivity contribution >= 4 is 74.5 Å². The number of aryl methyl sites for hydroxylation is 1. The summed E-state index contributed by atoms with van der Waals surface area (Å²) in [5.74, 6) is 0. The average Bonchev–Trinajstić information content (AvgIpc) is 3.34. The largest absolute Gasteiger partial charge is 0.355 e. The molecule has 0 radical (unpaired) electrons. The van der Waals surface area contributed by atoms with Crippen molar-refractivity contribution < 1.29 is 0 Å². The summed E-state index contributed by atoms with van der Waals surface area (Å²) in [6.45, 7) is 2.25. The van der Waals surface area contributed by atoms with Crippen molar-refractivity contribution in [3.63, 3.8) is 0 Å². The maximum Gasteiger partial charge on any atom is 0.198 e. The van der Waals surface area contributed by atoms with Crippen LogP contribution in [0, 0.1) is 6.92 Å². The van der Waals surface area contributed by atoms with Gasteiger partial charge in [-0.15, -0.1) is 0 Å². The Kier molecular flexibility index (Phi) is 9.87. The van der Waals surface area contributed by atoms with Crippen molar-refractivity contribution in [1.82, 2.24) is 0 Å². The molecule has 0 unspecified atom stereocenters. The Morgan fingerprint density at radius 2 is 1.02 bits per heavy atom. The first-order chi connectivity index (χ1) is 31.2. The lowest BCUT2D eigenvalue weighted by Gasteiger charge is -2.37. The molecule has 10 aromatic rings. The zero-order valence-corrected chi connectivity index (χ0v) is 35.1. The molecule has 1 aliphatic heterocycles. The van der Waals surface area contributed by atoms with E-state index >= 15 is 0 Å². The average molecular weight is 806 g/mol. The summed E-state index contributed by atoms with van der Waals surface area (Å²) in [7, 11) is 0.756. The lowest BCUT2D eigenvalue weighted by Crippen LogP contribution is -2.41. The van der Waals surface area contributed by atoms with E-state index in [1.165, 1.54) is 72.0 Å². The fraction of sp³-hybridized carbons (Fsp3) is 0.0169. The minimum atomic E-state index is 0.756. The second-order valence-electron chi connectivity index (χ2n) is 16.3. The van der Waals surface area contributed by atoms with E-state index in [9.17, 15) is 0 Å². The smallest absolute Gasteiger partial charge is 0.198 e. The van der Waals surface area contributed by atoms with E-state index in [1.807, 2.05) is 0 Å². The third-order valence-corrected chi connectivity index (χ3v) is 12.3. The molecular formula is C59H44BN3. The Labute approximate surface area is 370 Å². The van der Waals surface area contributed by atoms with Gasteiger partial charge in [-0.25, -0.2) is 0 Å². The molecule has 0 saturated carbocycles. The van der Waals surface area contributed by atoms with Crippen molar-refractivity contribution in [2.45, 2.75) is 6.92 Å². The number of hydrogen-bond acceptors (Lipinski definition) is 3. The Balaban J connectivity index is 1.12. The van der Waals surface area contributed by atoms with Crippen molar-refractivity contribution in [2.75, 3.05) is 15.1 Å². The summed E-state index contributed by atoms with van der Waals surface area (Å²) in [5.41, 5.74) is 20.0. The van der Waals surface area contributed by atoms with Crippen LogP contribution in [0.2, 0.25) is 0 Å². The quantitative estimate of drug-likeness (QED) is 0.147. The van der Waals surface area contributed by atoms with Crippen LogP contribution in [-0.2, 0) is 0 Å². The van der Waals surface area contributed by atoms with Gasteiger partial charge >= 0.3 is 0 Å². The van der Waals surface area contributed by atoms with Crippen LogP contribution in [0.5, 0.6) is 0 Å². The number of benzene rings is 10. The van der Waals surface area contributed by atoms with Crippen molar-refractivity contribution in [3.05, 3.63) is 242 Å². The zero-order chi connectivity index (χ0) is 42.1. The van der Waals surface area contributed by atoms with Crippen molar-refractivity contribution in [1.29, 1.82) is 0 Å². The van der Waals surface area contributed by atoms with Gasteiger partial charge in [0, 0.05) is 51.1 Å². The van der Waals surface area contributed by atoms with E-state index in [0.717, 1.165) is 41.4 Å². The van der Waals surface area contributed by atoms with E-state index in [0.29, 0.717) is 0 Å². The highest BCUT2D eigenvalue weighted by Gasteiger charge is 2.31. The first-order valence-corrected chi connectivity index (χ1v) is 21.7. The highest BCUT2D eigenvalue weighted by molar-refractivity contribution is 6.74. The number of nitrogens with one attached hydrogen (secondary N) is 1. The summed E-state index contributed by atoms with van der Waals surface area (Å²) < 4.78 is 0. The van der Waals surface area contributed by atoms with Crippen molar-refractivity contribution in [2.24, 2.45) is 0 Å². The van der Waals surface area contributed by atoms with Gasteiger partial charge in [-0.3, -0.25) is 0 Å². The molecule has 0 atom stereocenters. The number of anilines is 8. The van der Waals surface area contributed by atoms with Crippen LogP contribution >= 0.6 is 0 Å². The lowest BCUT2D eigenvalue weighted by molar-refractivity contribution is 1.25. The third kappa shape index (κ3) is 7.22. The van der Waals surface area contributed by atoms with Gasteiger partial charge in [-0.05, 0) is 135 Å². The monoisotopic (exact) mass is 805 g/mol. The highest BCUT2D eigenvalue weighted by Crippen LogP contribution is 2.45. The van der Waals surface area contributed by atoms with Crippen LogP contribution in [0.3, 0.4) is 0 Å². The summed E-state index contributed by atoms with van der Waals surface area (Å²) >= 11 is 0. The molecule has 11 rings (SSSR count). The molecule has 10 aromatic carbocycles. The van der Waals surface area contributed by atoms with E-state index in [4.69, 9.17) is 0 Å². The molecule has 63 heavy (non-hydrogen) atoms. The summed E-state index contributed by atoms with van der Waals surface area (Å²) in [6.07, 6.45) is 0. The SMILES string of the molecule is Cc1cc(-c2ccccc2)ccc1N1c2ccc(N(c3ccccc3)c3ccccc3)cc2Bc2c1cc1ccccc1c2-c1ccccc1Nc1cccc(-c2ccccc2)c1. The maximum atomic E-state index is 3.89. The molecule has 0 spiro atoms. The second-order valence-corrected chi connectivity index (χ2v) is 16.3. The zero-order valence-electron chi connectivity index (χ0n) is 35.1. The van der Waals surface area contributed by atoms with Gasteiger partial charge < -0.3 is 15.1 Å². The Bertz CT molecular complexity index is 3200. The molecule has 0 bridgehead atoms. The standard InChI is InChI=1S/C59H44BN3/c1-41-37-45(43-21-8-3-9-22-43)33-35-55(41)63-56-36-34-50(62(48-26-10-4-11-27-48)49-28-12-5-13-29-49)40-53(56)60-59-57(63)39-46-23-14-15-30-51(46)58(59)52-31-16-17-32-54(52)61-47-25-18-24-44(38-47)42-19-6-2-7-20-42/h2-40,60-61H,1H3. The van der Waals surface area contributed by atoms with E-state index in [-0.39, 0.29) is 0 Å². The van der Waals surface area contributed by atoms with E-state index in [1.54, 1.807) is 0 Å². The molecule has 298 valence electrons. The van der Waals surface area contributed by atoms with Gasteiger partial charge in [0.15, 0.2) is 7.28 Å². The first-order valence-electron chi connectivity index (χ1n) is 21.7. The number of rotatable bonds is 9. The topological polar surface area (TPSA) is 18.5 Å². The fourth-order valence-electron chi connectivity index (χ4n) is 9.40. The second kappa shape index (κ2) is 16.4. The van der Waals surface area contributed by atoms with Gasteiger partial charge in [0.2, 0.25) is 0 Å². The Morgan fingerprint density at radius 1 is 0.429 bits per heavy atom. The van der Waals surface area contributed by atoms with E-state index in [2.05, 4.69) is 259 Å². The van der Waals surface area contributed by atoms with Gasteiger partial charge in [0.25, 0.3) is 0 Å². The van der Waals surface area contributed by atoms with Crippen LogP contribution < -0.4 is 26.0 Å². The predicted molar refractivity (Wildman–Crippen MR) is 271 cm³/mol. The molecule has 0 amide bonds. The van der Waals surface area contributed by atoms with Gasteiger partial charge in [-0.1, -0.05) is 163 Å². The summed E-state index contributed by atoms with van der Waals surface area (Å²) in [5, 5.41) is 6.32. The molecule has 0 aliphatic carbocycles. The van der Waals surface area contributed by atoms with Crippen molar-refractivity contribution in [3.8, 4) is 33.4 Å². The normalized spacial score (nSPS) is 11.7. The molecule has 0 aromatic heterocycles. The number of nitrogens with zero attached hydrogens (tertiary/aromatic N) is 2. The maximum absolute atomic E-state index is 3.89. The molecule has 0 saturated heterocycles. The minimum Gasteiger partial charge on any atom is -0.355 e. The minimum absolute atomic E-state index is 0.756. The van der Waals surface area contributed by atoms with Crippen LogP contribution in [0.1, 0.15) is 5.56 Å². The van der Waals surface area contributed by atoms with Gasteiger partial charge in [0.05, 0.1) is 0 Å². The fourth-order valence-corrected chi connectivity index (χ4v) is 9.40. The van der Waals surface area contributed by atoms with Crippen LogP contribution in [0.25, 0.3) is 44.2 Å². The molecule has 4 heteroatoms. The number of hydrogen-bond donors (Lipinski definition) is 1. The molecule has 0 fully saturated rings.